The maximum Gasteiger partial charge on any atom is 0.326 e. The number of amides is 4. The molecule has 190 valence electrons. The summed E-state index contributed by atoms with van der Waals surface area (Å²) in [6.45, 7) is 4.90. The minimum absolute atomic E-state index is 0.111. The van der Waals surface area contributed by atoms with Gasteiger partial charge in [-0.05, 0) is 24.5 Å². The van der Waals surface area contributed by atoms with Gasteiger partial charge in [-0.2, -0.15) is 0 Å². The lowest BCUT2D eigenvalue weighted by atomic mass is 10.0. The summed E-state index contributed by atoms with van der Waals surface area (Å²) in [4.78, 5) is 63.6. The van der Waals surface area contributed by atoms with Gasteiger partial charge in [0.1, 0.15) is 18.1 Å². The van der Waals surface area contributed by atoms with Crippen LogP contribution in [0.1, 0.15) is 32.8 Å². The summed E-state index contributed by atoms with van der Waals surface area (Å²) in [5.41, 5.74) is 12.6. The Labute approximate surface area is 202 Å². The van der Waals surface area contributed by atoms with Crippen LogP contribution in [0.4, 0.5) is 0 Å². The zero-order valence-corrected chi connectivity index (χ0v) is 19.8. The van der Waals surface area contributed by atoms with Gasteiger partial charge in [0.25, 0.3) is 0 Å². The molecule has 0 fully saturated rings. The minimum atomic E-state index is -1.54. The van der Waals surface area contributed by atoms with Gasteiger partial charge < -0.3 is 37.5 Å². The molecule has 0 bridgehead atoms. The second kappa shape index (κ2) is 12.0. The molecule has 4 unspecified atom stereocenters. The van der Waals surface area contributed by atoms with Crippen LogP contribution < -0.4 is 27.4 Å². The van der Waals surface area contributed by atoms with Crippen LogP contribution in [0, 0.1) is 5.92 Å². The summed E-state index contributed by atoms with van der Waals surface area (Å²) < 4.78 is 0. The number of fused-ring (bicyclic) bond motifs is 1. The normalized spacial score (nSPS) is 14.5. The standard InChI is InChI=1S/C23H32N6O6/c1-11(2)19(25)22(33)28-16(8-13-10-26-15-7-5-4-6-14(13)15)21(32)27-12(3)20(31)29-17(23(34)35)9-18(24)30/h4-7,10-12,16-17,19,26H,8-9,25H2,1-3H3,(H2,24,30)(H,27,32)(H,28,33)(H,29,31)(H,34,35). The number of para-hydroxylation sites is 1. The first-order valence-corrected chi connectivity index (χ1v) is 11.1. The molecule has 4 amide bonds. The number of H-pyrrole nitrogens is 1. The molecule has 1 aromatic heterocycles. The molecule has 0 radical (unpaired) electrons. The highest BCUT2D eigenvalue weighted by atomic mass is 16.4. The number of aliphatic carboxylic acids is 1. The fourth-order valence-electron chi connectivity index (χ4n) is 3.38. The van der Waals surface area contributed by atoms with E-state index >= 15 is 0 Å². The third kappa shape index (κ3) is 7.54. The number of rotatable bonds is 12. The van der Waals surface area contributed by atoms with Crippen molar-refractivity contribution in [2.24, 2.45) is 17.4 Å². The predicted octanol–water partition coefficient (Wildman–Crippen LogP) is -0.872. The van der Waals surface area contributed by atoms with Gasteiger partial charge in [-0.15, -0.1) is 0 Å². The fraction of sp³-hybridized carbons (Fsp3) is 0.435. The van der Waals surface area contributed by atoms with Crippen molar-refractivity contribution in [3.05, 3.63) is 36.0 Å². The minimum Gasteiger partial charge on any atom is -0.480 e. The Morgan fingerprint density at radius 3 is 2.17 bits per heavy atom. The summed E-state index contributed by atoms with van der Waals surface area (Å²) in [5.74, 6) is -4.54. The van der Waals surface area contributed by atoms with E-state index in [9.17, 15) is 29.1 Å². The number of carboxylic acids is 1. The molecule has 0 aliphatic rings. The molecule has 1 heterocycles. The third-order valence-electron chi connectivity index (χ3n) is 5.52. The van der Waals surface area contributed by atoms with Crippen molar-refractivity contribution in [2.75, 3.05) is 0 Å². The van der Waals surface area contributed by atoms with Crippen molar-refractivity contribution in [3.63, 3.8) is 0 Å². The zero-order chi connectivity index (χ0) is 26.3. The molecule has 4 atom stereocenters. The Balaban J connectivity index is 2.19. The second-order valence-electron chi connectivity index (χ2n) is 8.69. The predicted molar refractivity (Wildman–Crippen MR) is 128 cm³/mol. The number of benzene rings is 1. The Morgan fingerprint density at radius 2 is 1.57 bits per heavy atom. The number of aromatic amines is 1. The largest absolute Gasteiger partial charge is 0.480 e. The molecule has 9 N–H and O–H groups in total. The lowest BCUT2D eigenvalue weighted by Crippen LogP contribution is -2.57. The van der Waals surface area contributed by atoms with E-state index in [1.54, 1.807) is 20.0 Å². The number of carbonyl (C=O) groups excluding carboxylic acids is 4. The van der Waals surface area contributed by atoms with E-state index in [2.05, 4.69) is 20.9 Å². The van der Waals surface area contributed by atoms with Crippen LogP contribution in [0.25, 0.3) is 10.9 Å². The third-order valence-corrected chi connectivity index (χ3v) is 5.52. The van der Waals surface area contributed by atoms with Gasteiger partial charge in [0.2, 0.25) is 23.6 Å². The average molecular weight is 489 g/mol. The molecule has 1 aromatic carbocycles. The van der Waals surface area contributed by atoms with E-state index in [0.717, 1.165) is 16.5 Å². The number of hydrogen-bond donors (Lipinski definition) is 7. The van der Waals surface area contributed by atoms with Gasteiger partial charge in [-0.25, -0.2) is 4.79 Å². The summed E-state index contributed by atoms with van der Waals surface area (Å²) in [7, 11) is 0. The molecule has 2 aromatic rings. The molecule has 12 nitrogen and oxygen atoms in total. The quantitative estimate of drug-likeness (QED) is 0.200. The maximum atomic E-state index is 13.1. The first-order valence-electron chi connectivity index (χ1n) is 11.1. The van der Waals surface area contributed by atoms with Gasteiger partial charge in [0.05, 0.1) is 12.5 Å². The zero-order valence-electron chi connectivity index (χ0n) is 19.8. The number of carboxylic acid groups (broad SMARTS) is 1. The summed E-state index contributed by atoms with van der Waals surface area (Å²) in [6.07, 6.45) is 1.24. The van der Waals surface area contributed by atoms with E-state index in [1.165, 1.54) is 6.92 Å². The summed E-state index contributed by atoms with van der Waals surface area (Å²) in [5, 5.41) is 17.4. The molecule has 0 spiro atoms. The average Bonchev–Trinajstić information content (AvgIpc) is 3.19. The molecule has 0 aliphatic heterocycles. The fourth-order valence-corrected chi connectivity index (χ4v) is 3.38. The molecule has 35 heavy (non-hydrogen) atoms. The summed E-state index contributed by atoms with van der Waals surface area (Å²) in [6, 6.07) is 2.83. The molecule has 12 heteroatoms. The number of carbonyl (C=O) groups is 5. The van der Waals surface area contributed by atoms with Gasteiger partial charge in [0, 0.05) is 23.5 Å². The van der Waals surface area contributed by atoms with E-state index in [0.29, 0.717) is 0 Å². The highest BCUT2D eigenvalue weighted by Crippen LogP contribution is 2.19. The number of nitrogens with one attached hydrogen (secondary N) is 4. The SMILES string of the molecule is CC(NC(=O)C(Cc1c[nH]c2ccccc12)NC(=O)C(N)C(C)C)C(=O)NC(CC(N)=O)C(=O)O. The smallest absolute Gasteiger partial charge is 0.326 e. The molecule has 0 aliphatic carbocycles. The lowest BCUT2D eigenvalue weighted by Gasteiger charge is -2.24. The first-order chi connectivity index (χ1) is 16.4. The Hall–Kier alpha value is -3.93. The van der Waals surface area contributed by atoms with Crippen LogP contribution in [0.2, 0.25) is 0 Å². The monoisotopic (exact) mass is 488 g/mol. The van der Waals surface area contributed by atoms with Crippen LogP contribution >= 0.6 is 0 Å². The highest BCUT2D eigenvalue weighted by molar-refractivity contribution is 5.95. The molecule has 0 saturated heterocycles. The topological polar surface area (TPSA) is 210 Å². The number of nitrogens with two attached hydrogens (primary N) is 2. The van der Waals surface area contributed by atoms with Crippen molar-refractivity contribution in [3.8, 4) is 0 Å². The maximum absolute atomic E-state index is 13.1. The van der Waals surface area contributed by atoms with Crippen LogP contribution in [0.15, 0.2) is 30.5 Å². The van der Waals surface area contributed by atoms with E-state index < -0.39 is 60.2 Å². The van der Waals surface area contributed by atoms with Crippen molar-refractivity contribution in [1.29, 1.82) is 0 Å². The Morgan fingerprint density at radius 1 is 0.943 bits per heavy atom. The van der Waals surface area contributed by atoms with Gasteiger partial charge in [-0.3, -0.25) is 19.2 Å². The molecular weight excluding hydrogens is 456 g/mol. The van der Waals surface area contributed by atoms with E-state index in [1.807, 2.05) is 24.3 Å². The van der Waals surface area contributed by atoms with Crippen molar-refractivity contribution in [2.45, 2.75) is 57.8 Å². The Kier molecular flexibility index (Phi) is 9.34. The van der Waals surface area contributed by atoms with Crippen molar-refractivity contribution < 1.29 is 29.1 Å². The van der Waals surface area contributed by atoms with Crippen molar-refractivity contribution in [1.82, 2.24) is 20.9 Å². The molecule has 0 saturated carbocycles. The van der Waals surface area contributed by atoms with Gasteiger partial charge in [0.15, 0.2) is 0 Å². The second-order valence-corrected chi connectivity index (χ2v) is 8.69. The molecular formula is C23H32N6O6. The number of aromatic nitrogens is 1. The van der Waals surface area contributed by atoms with Crippen LogP contribution in [0.5, 0.6) is 0 Å². The Bertz CT molecular complexity index is 1100. The van der Waals surface area contributed by atoms with Crippen molar-refractivity contribution >= 4 is 40.5 Å². The van der Waals surface area contributed by atoms with Gasteiger partial charge >= 0.3 is 5.97 Å². The summed E-state index contributed by atoms with van der Waals surface area (Å²) >= 11 is 0. The van der Waals surface area contributed by atoms with E-state index in [4.69, 9.17) is 11.5 Å². The molecule has 2 rings (SSSR count). The first kappa shape index (κ1) is 27.3. The highest BCUT2D eigenvalue weighted by Gasteiger charge is 2.30. The van der Waals surface area contributed by atoms with E-state index in [-0.39, 0.29) is 12.3 Å². The van der Waals surface area contributed by atoms with Crippen LogP contribution in [-0.2, 0) is 30.4 Å². The lowest BCUT2D eigenvalue weighted by molar-refractivity contribution is -0.143. The van der Waals surface area contributed by atoms with Gasteiger partial charge in [-0.1, -0.05) is 32.0 Å². The van der Waals surface area contributed by atoms with Crippen LogP contribution in [-0.4, -0.2) is 63.9 Å². The number of hydrogen-bond acceptors (Lipinski definition) is 6. The van der Waals surface area contributed by atoms with Crippen LogP contribution in [0.3, 0.4) is 0 Å². The number of primary amides is 1.